The zero-order chi connectivity index (χ0) is 26.1. The minimum atomic E-state index is -4.72. The van der Waals surface area contributed by atoms with E-state index in [1.54, 1.807) is 24.3 Å². The van der Waals surface area contributed by atoms with Gasteiger partial charge in [-0.15, -0.1) is 0 Å². The average Bonchev–Trinajstić information content (AvgIpc) is 3.36. The summed E-state index contributed by atoms with van der Waals surface area (Å²) in [6.07, 6.45) is -1.53. The summed E-state index contributed by atoms with van der Waals surface area (Å²) < 4.78 is 49.6. The van der Waals surface area contributed by atoms with Gasteiger partial charge in [-0.3, -0.25) is 14.4 Å². The molecule has 13 heteroatoms. The van der Waals surface area contributed by atoms with Crippen molar-refractivity contribution in [2.45, 2.75) is 25.1 Å². The lowest BCUT2D eigenvalue weighted by molar-refractivity contribution is -0.137. The molecule has 1 fully saturated rings. The second-order valence-corrected chi connectivity index (χ2v) is 8.05. The maximum Gasteiger partial charge on any atom is 0.417 e. The van der Waals surface area contributed by atoms with E-state index in [1.165, 1.54) is 6.21 Å². The second-order valence-electron chi connectivity index (χ2n) is 7.64. The van der Waals surface area contributed by atoms with Crippen molar-refractivity contribution in [2.24, 2.45) is 5.10 Å². The molecule has 1 aliphatic rings. The van der Waals surface area contributed by atoms with Crippen molar-refractivity contribution in [3.05, 3.63) is 58.6 Å². The molecule has 1 saturated heterocycles. The molecular weight excluding hydrogens is 505 g/mol. The highest BCUT2D eigenvalue weighted by atomic mass is 35.5. The molecule has 1 aliphatic heterocycles. The van der Waals surface area contributed by atoms with Gasteiger partial charge in [-0.05, 0) is 60.9 Å². The van der Waals surface area contributed by atoms with Crippen molar-refractivity contribution in [2.75, 3.05) is 25.1 Å². The van der Waals surface area contributed by atoms with Gasteiger partial charge in [0.1, 0.15) is 5.75 Å². The number of ether oxygens (including phenoxy) is 2. The van der Waals surface area contributed by atoms with Crippen LogP contribution in [0.3, 0.4) is 0 Å². The van der Waals surface area contributed by atoms with Crippen LogP contribution < -0.4 is 20.8 Å². The van der Waals surface area contributed by atoms with E-state index < -0.39 is 28.6 Å². The molecule has 9 nitrogen and oxygen atoms in total. The number of carbonyl (C=O) groups is 3. The Morgan fingerprint density at radius 1 is 1.14 bits per heavy atom. The van der Waals surface area contributed by atoms with Crippen molar-refractivity contribution in [1.29, 1.82) is 0 Å². The first kappa shape index (κ1) is 27.0. The highest BCUT2D eigenvalue weighted by molar-refractivity contribution is 6.39. The maximum atomic E-state index is 12.9. The van der Waals surface area contributed by atoms with E-state index in [0.29, 0.717) is 30.5 Å². The standard InChI is InChI=1S/C23H22ClF3N4O5/c24-19-8-5-15(10-18(19)23(25,26)27)30-21(33)22(34)31-29-11-14-3-6-16(7-4-14)36-13-20(32)28-12-17-2-1-9-35-17/h3-8,10-11,17H,1-2,9,12-13H2,(H,28,32)(H,30,33)(H,31,34)/b29-11-/t17-/m0/s1. The number of alkyl halides is 3. The van der Waals surface area contributed by atoms with Gasteiger partial charge in [0.15, 0.2) is 6.61 Å². The number of nitrogens with one attached hydrogen (secondary N) is 3. The SMILES string of the molecule is O=C(COc1ccc(/C=N\NC(=O)C(=O)Nc2ccc(Cl)c(C(F)(F)F)c2)cc1)NC[C@@H]1CCCO1. The first-order chi connectivity index (χ1) is 17.1. The summed E-state index contributed by atoms with van der Waals surface area (Å²) in [5, 5.41) is 7.89. The van der Waals surface area contributed by atoms with Crippen LogP contribution in [0.15, 0.2) is 47.6 Å². The lowest BCUT2D eigenvalue weighted by Gasteiger charge is -2.11. The third-order valence-corrected chi connectivity index (χ3v) is 5.25. The Morgan fingerprint density at radius 3 is 2.56 bits per heavy atom. The lowest BCUT2D eigenvalue weighted by Crippen LogP contribution is -2.35. The summed E-state index contributed by atoms with van der Waals surface area (Å²) in [4.78, 5) is 35.7. The minimum absolute atomic E-state index is 0.0405. The summed E-state index contributed by atoms with van der Waals surface area (Å²) in [5.41, 5.74) is 1.11. The smallest absolute Gasteiger partial charge is 0.417 e. The van der Waals surface area contributed by atoms with Gasteiger partial charge in [-0.25, -0.2) is 5.43 Å². The molecule has 1 atom stereocenters. The molecule has 0 saturated carbocycles. The number of carbonyl (C=O) groups excluding carboxylic acids is 3. The third-order valence-electron chi connectivity index (χ3n) is 4.92. The predicted octanol–water partition coefficient (Wildman–Crippen LogP) is 3.12. The Morgan fingerprint density at radius 2 is 1.89 bits per heavy atom. The molecule has 2 aromatic rings. The molecule has 0 radical (unpaired) electrons. The van der Waals surface area contributed by atoms with E-state index in [-0.39, 0.29) is 24.3 Å². The molecule has 2 aromatic carbocycles. The topological polar surface area (TPSA) is 118 Å². The van der Waals surface area contributed by atoms with Crippen LogP contribution in [0.5, 0.6) is 5.75 Å². The largest absolute Gasteiger partial charge is 0.484 e. The van der Waals surface area contributed by atoms with Gasteiger partial charge in [-0.2, -0.15) is 18.3 Å². The van der Waals surface area contributed by atoms with Crippen LogP contribution in [0.1, 0.15) is 24.0 Å². The zero-order valence-electron chi connectivity index (χ0n) is 18.7. The van der Waals surface area contributed by atoms with Crippen molar-refractivity contribution < 1.29 is 37.0 Å². The van der Waals surface area contributed by atoms with Gasteiger partial charge >= 0.3 is 18.0 Å². The third kappa shape index (κ3) is 8.24. The summed E-state index contributed by atoms with van der Waals surface area (Å²) in [7, 11) is 0. The molecule has 1 heterocycles. The number of amides is 3. The van der Waals surface area contributed by atoms with Gasteiger partial charge in [0, 0.05) is 18.8 Å². The van der Waals surface area contributed by atoms with Crippen LogP contribution >= 0.6 is 11.6 Å². The summed E-state index contributed by atoms with van der Waals surface area (Å²) in [5.74, 6) is -2.25. The van der Waals surface area contributed by atoms with Crippen LogP contribution in [-0.2, 0) is 25.3 Å². The number of hydrazone groups is 1. The molecule has 3 amide bonds. The summed E-state index contributed by atoms with van der Waals surface area (Å²) in [6.45, 7) is 0.984. The highest BCUT2D eigenvalue weighted by Gasteiger charge is 2.33. The molecular formula is C23H22ClF3N4O5. The molecule has 0 aliphatic carbocycles. The van der Waals surface area contributed by atoms with E-state index in [4.69, 9.17) is 21.1 Å². The van der Waals surface area contributed by atoms with Gasteiger partial charge in [-0.1, -0.05) is 11.6 Å². The fourth-order valence-corrected chi connectivity index (χ4v) is 3.33. The molecule has 36 heavy (non-hydrogen) atoms. The molecule has 0 unspecified atom stereocenters. The number of nitrogens with zero attached hydrogens (tertiary/aromatic N) is 1. The number of rotatable bonds is 8. The Labute approximate surface area is 209 Å². The fraction of sp³-hybridized carbons (Fsp3) is 0.304. The normalized spacial score (nSPS) is 15.5. The molecule has 0 spiro atoms. The van der Waals surface area contributed by atoms with E-state index in [9.17, 15) is 27.6 Å². The number of halogens is 4. The summed E-state index contributed by atoms with van der Waals surface area (Å²) >= 11 is 5.52. The van der Waals surface area contributed by atoms with Crippen LogP contribution in [0.2, 0.25) is 5.02 Å². The van der Waals surface area contributed by atoms with Gasteiger partial charge < -0.3 is 20.1 Å². The quantitative estimate of drug-likeness (QED) is 0.277. The van der Waals surface area contributed by atoms with Crippen molar-refractivity contribution in [3.63, 3.8) is 0 Å². The molecule has 0 bridgehead atoms. The number of anilines is 1. The Bertz CT molecular complexity index is 1120. The molecule has 3 rings (SSSR count). The van der Waals surface area contributed by atoms with E-state index in [1.807, 2.05) is 10.7 Å². The summed E-state index contributed by atoms with van der Waals surface area (Å²) in [6, 6.07) is 9.08. The first-order valence-corrected chi connectivity index (χ1v) is 11.1. The van der Waals surface area contributed by atoms with E-state index in [0.717, 1.165) is 25.0 Å². The zero-order valence-corrected chi connectivity index (χ0v) is 19.5. The van der Waals surface area contributed by atoms with Gasteiger partial charge in [0.05, 0.1) is 22.9 Å². The van der Waals surface area contributed by atoms with Crippen LogP contribution in [-0.4, -0.2) is 49.8 Å². The Balaban J connectivity index is 1.42. The average molecular weight is 527 g/mol. The second kappa shape index (κ2) is 12.4. The highest BCUT2D eigenvalue weighted by Crippen LogP contribution is 2.36. The van der Waals surface area contributed by atoms with Crippen LogP contribution in [0.4, 0.5) is 18.9 Å². The van der Waals surface area contributed by atoms with Crippen LogP contribution in [0.25, 0.3) is 0 Å². The van der Waals surface area contributed by atoms with E-state index >= 15 is 0 Å². The molecule has 3 N–H and O–H groups in total. The predicted molar refractivity (Wildman–Crippen MR) is 125 cm³/mol. The van der Waals surface area contributed by atoms with Crippen molar-refractivity contribution >= 4 is 41.2 Å². The Kier molecular flexibility index (Phi) is 9.25. The van der Waals surface area contributed by atoms with Crippen molar-refractivity contribution in [1.82, 2.24) is 10.7 Å². The fourth-order valence-electron chi connectivity index (χ4n) is 3.11. The minimum Gasteiger partial charge on any atom is -0.484 e. The molecule has 0 aromatic heterocycles. The molecule has 192 valence electrons. The monoisotopic (exact) mass is 526 g/mol. The first-order valence-electron chi connectivity index (χ1n) is 10.7. The number of benzene rings is 2. The van der Waals surface area contributed by atoms with Crippen LogP contribution in [0, 0.1) is 0 Å². The van der Waals surface area contributed by atoms with E-state index in [2.05, 4.69) is 10.4 Å². The lowest BCUT2D eigenvalue weighted by atomic mass is 10.2. The van der Waals surface area contributed by atoms with Gasteiger partial charge in [0.25, 0.3) is 5.91 Å². The maximum absolute atomic E-state index is 12.9. The number of hydrogen-bond donors (Lipinski definition) is 3. The van der Waals surface area contributed by atoms with Crippen molar-refractivity contribution in [3.8, 4) is 5.75 Å². The number of hydrogen-bond acceptors (Lipinski definition) is 6. The van der Waals surface area contributed by atoms with Gasteiger partial charge in [0.2, 0.25) is 0 Å². The Hall–Kier alpha value is -3.64.